The van der Waals surface area contributed by atoms with Crippen molar-refractivity contribution in [1.29, 1.82) is 0 Å². The highest BCUT2D eigenvalue weighted by Crippen LogP contribution is 2.31. The number of ether oxygens (including phenoxy) is 1. The molecule has 0 amide bonds. The Morgan fingerprint density at radius 2 is 2.21 bits per heavy atom. The van der Waals surface area contributed by atoms with Crippen molar-refractivity contribution < 1.29 is 4.74 Å². The molecular weight excluding hydrogens is 174 g/mol. The normalized spacial score (nSPS) is 19.3. The van der Waals surface area contributed by atoms with Crippen LogP contribution in [0, 0.1) is 5.92 Å². The first kappa shape index (κ1) is 12.0. The molecule has 1 saturated carbocycles. The lowest BCUT2D eigenvalue weighted by Crippen LogP contribution is -2.32. The smallest absolute Gasteiger partial charge is 0.0462 e. The highest BCUT2D eigenvalue weighted by molar-refractivity contribution is 4.77. The number of rotatable bonds is 8. The van der Waals surface area contributed by atoms with Crippen LogP contribution in [0.1, 0.15) is 45.4 Å². The first-order valence-electron chi connectivity index (χ1n) is 6.09. The summed E-state index contributed by atoms with van der Waals surface area (Å²) in [5.74, 6) is 1.02. The molecule has 0 bridgehead atoms. The average molecular weight is 199 g/mol. The van der Waals surface area contributed by atoms with Crippen LogP contribution in [0.4, 0.5) is 0 Å². The number of nitrogens with one attached hydrogen (secondary N) is 1. The van der Waals surface area contributed by atoms with E-state index in [0.29, 0.717) is 0 Å². The zero-order chi connectivity index (χ0) is 10.2. The molecular formula is C12H25NO. The van der Waals surface area contributed by atoms with Crippen LogP contribution in [-0.4, -0.2) is 26.3 Å². The maximum atomic E-state index is 5.09. The van der Waals surface area contributed by atoms with Crippen LogP contribution in [0.5, 0.6) is 0 Å². The van der Waals surface area contributed by atoms with Crippen LogP contribution in [0.25, 0.3) is 0 Å². The quantitative estimate of drug-likeness (QED) is 0.607. The Bertz CT molecular complexity index is 134. The van der Waals surface area contributed by atoms with Gasteiger partial charge in [-0.3, -0.25) is 0 Å². The van der Waals surface area contributed by atoms with E-state index in [9.17, 15) is 0 Å². The highest BCUT2D eigenvalue weighted by atomic mass is 16.5. The van der Waals surface area contributed by atoms with E-state index < -0.39 is 0 Å². The molecule has 0 aromatic carbocycles. The lowest BCUT2D eigenvalue weighted by atomic mass is 9.80. The van der Waals surface area contributed by atoms with Crippen molar-refractivity contribution in [3.8, 4) is 0 Å². The minimum atomic E-state index is 0.737. The second-order valence-corrected chi connectivity index (χ2v) is 4.42. The van der Waals surface area contributed by atoms with Gasteiger partial charge in [-0.1, -0.05) is 26.2 Å². The van der Waals surface area contributed by atoms with E-state index in [1.54, 1.807) is 7.11 Å². The molecule has 1 rings (SSSR count). The zero-order valence-electron chi connectivity index (χ0n) is 9.72. The SMILES string of the molecule is CCNC(CCCOC)CC1CCC1. The number of hydrogen-bond donors (Lipinski definition) is 1. The van der Waals surface area contributed by atoms with Gasteiger partial charge in [-0.15, -0.1) is 0 Å². The van der Waals surface area contributed by atoms with Crippen molar-refractivity contribution in [2.75, 3.05) is 20.3 Å². The molecule has 0 aliphatic heterocycles. The van der Waals surface area contributed by atoms with Gasteiger partial charge in [-0.2, -0.15) is 0 Å². The van der Waals surface area contributed by atoms with Crippen molar-refractivity contribution in [2.24, 2.45) is 5.92 Å². The molecule has 0 aromatic rings. The van der Waals surface area contributed by atoms with E-state index >= 15 is 0 Å². The molecule has 0 radical (unpaired) electrons. The molecule has 0 aromatic heterocycles. The van der Waals surface area contributed by atoms with Gasteiger partial charge in [-0.25, -0.2) is 0 Å². The summed E-state index contributed by atoms with van der Waals surface area (Å²) >= 11 is 0. The molecule has 1 aliphatic rings. The lowest BCUT2D eigenvalue weighted by Gasteiger charge is -2.30. The Kier molecular flexibility index (Phi) is 6.20. The summed E-state index contributed by atoms with van der Waals surface area (Å²) in [5, 5.41) is 3.59. The molecule has 1 N–H and O–H groups in total. The van der Waals surface area contributed by atoms with Crippen molar-refractivity contribution in [3.63, 3.8) is 0 Å². The summed E-state index contributed by atoms with van der Waals surface area (Å²) in [7, 11) is 1.79. The van der Waals surface area contributed by atoms with Gasteiger partial charge in [0.05, 0.1) is 0 Å². The number of hydrogen-bond acceptors (Lipinski definition) is 2. The fraction of sp³-hybridized carbons (Fsp3) is 1.00. The van der Waals surface area contributed by atoms with Gasteiger partial charge >= 0.3 is 0 Å². The second-order valence-electron chi connectivity index (χ2n) is 4.42. The van der Waals surface area contributed by atoms with Gasteiger partial charge in [0.1, 0.15) is 0 Å². The average Bonchev–Trinajstić information content (AvgIpc) is 2.11. The van der Waals surface area contributed by atoms with Crippen molar-refractivity contribution in [2.45, 2.75) is 51.5 Å². The van der Waals surface area contributed by atoms with E-state index in [1.807, 2.05) is 0 Å². The monoisotopic (exact) mass is 199 g/mol. The van der Waals surface area contributed by atoms with Gasteiger partial charge in [0.15, 0.2) is 0 Å². The summed E-state index contributed by atoms with van der Waals surface area (Å²) in [6.07, 6.45) is 8.25. The third-order valence-electron chi connectivity index (χ3n) is 3.24. The van der Waals surface area contributed by atoms with Gasteiger partial charge in [0, 0.05) is 19.8 Å². The molecule has 1 aliphatic carbocycles. The molecule has 1 fully saturated rings. The summed E-state index contributed by atoms with van der Waals surface area (Å²) in [6.45, 7) is 4.21. The standard InChI is InChI=1S/C12H25NO/c1-3-13-12(8-5-9-14-2)10-11-6-4-7-11/h11-13H,3-10H2,1-2H3. The van der Waals surface area contributed by atoms with Crippen molar-refractivity contribution in [3.05, 3.63) is 0 Å². The highest BCUT2D eigenvalue weighted by Gasteiger charge is 2.21. The van der Waals surface area contributed by atoms with Crippen LogP contribution >= 0.6 is 0 Å². The third-order valence-corrected chi connectivity index (χ3v) is 3.24. The third kappa shape index (κ3) is 4.43. The Balaban J connectivity index is 2.09. The number of methoxy groups -OCH3 is 1. The van der Waals surface area contributed by atoms with Gasteiger partial charge < -0.3 is 10.1 Å². The van der Waals surface area contributed by atoms with Crippen LogP contribution in [0.2, 0.25) is 0 Å². The Morgan fingerprint density at radius 1 is 1.43 bits per heavy atom. The van der Waals surface area contributed by atoms with Crippen LogP contribution in [0.15, 0.2) is 0 Å². The molecule has 2 nitrogen and oxygen atoms in total. The minimum Gasteiger partial charge on any atom is -0.385 e. The molecule has 0 spiro atoms. The first-order chi connectivity index (χ1) is 6.86. The van der Waals surface area contributed by atoms with Crippen LogP contribution < -0.4 is 5.32 Å². The predicted octanol–water partition coefficient (Wildman–Crippen LogP) is 2.58. The summed E-state index contributed by atoms with van der Waals surface area (Å²) in [4.78, 5) is 0. The van der Waals surface area contributed by atoms with Gasteiger partial charge in [0.25, 0.3) is 0 Å². The van der Waals surface area contributed by atoms with Crippen LogP contribution in [-0.2, 0) is 4.74 Å². The summed E-state index contributed by atoms with van der Waals surface area (Å²) in [5.41, 5.74) is 0. The van der Waals surface area contributed by atoms with Crippen LogP contribution in [0.3, 0.4) is 0 Å². The minimum absolute atomic E-state index is 0.737. The van der Waals surface area contributed by atoms with E-state index in [-0.39, 0.29) is 0 Å². The molecule has 1 unspecified atom stereocenters. The Hall–Kier alpha value is -0.0800. The van der Waals surface area contributed by atoms with Gasteiger partial charge in [0.2, 0.25) is 0 Å². The molecule has 14 heavy (non-hydrogen) atoms. The molecule has 0 heterocycles. The Labute approximate surface area is 88.4 Å². The zero-order valence-corrected chi connectivity index (χ0v) is 9.72. The summed E-state index contributed by atoms with van der Waals surface area (Å²) < 4.78 is 5.09. The van der Waals surface area contributed by atoms with Gasteiger partial charge in [-0.05, 0) is 31.7 Å². The van der Waals surface area contributed by atoms with E-state index in [0.717, 1.165) is 25.1 Å². The molecule has 84 valence electrons. The van der Waals surface area contributed by atoms with E-state index in [1.165, 1.54) is 38.5 Å². The predicted molar refractivity (Wildman–Crippen MR) is 60.5 cm³/mol. The van der Waals surface area contributed by atoms with E-state index in [2.05, 4.69) is 12.2 Å². The second kappa shape index (κ2) is 7.24. The fourth-order valence-corrected chi connectivity index (χ4v) is 2.20. The van der Waals surface area contributed by atoms with Crippen molar-refractivity contribution >= 4 is 0 Å². The maximum absolute atomic E-state index is 5.09. The fourth-order valence-electron chi connectivity index (χ4n) is 2.20. The largest absolute Gasteiger partial charge is 0.385 e. The topological polar surface area (TPSA) is 21.3 Å². The van der Waals surface area contributed by atoms with E-state index in [4.69, 9.17) is 4.74 Å². The first-order valence-corrected chi connectivity index (χ1v) is 6.09. The maximum Gasteiger partial charge on any atom is 0.0462 e. The molecule has 0 saturated heterocycles. The lowest BCUT2D eigenvalue weighted by molar-refractivity contribution is 0.182. The molecule has 1 atom stereocenters. The summed E-state index contributed by atoms with van der Waals surface area (Å²) in [6, 6.07) is 0.737. The molecule has 2 heteroatoms. The Morgan fingerprint density at radius 3 is 2.71 bits per heavy atom. The van der Waals surface area contributed by atoms with Crippen molar-refractivity contribution in [1.82, 2.24) is 5.32 Å².